The fourth-order valence-corrected chi connectivity index (χ4v) is 4.51. The van der Waals surface area contributed by atoms with E-state index in [1.807, 2.05) is 11.4 Å². The van der Waals surface area contributed by atoms with Gasteiger partial charge in [0.2, 0.25) is 5.91 Å². The standard InChI is InChI=1S/C17H20F2N4OS/c18-17(19)4-8-23(9-5-17)16(24)12-1-6-22(7-2-12)15-14-13(3-10-25-14)20-11-21-15/h3,10-12H,1-2,4-9H2. The summed E-state index contributed by atoms with van der Waals surface area (Å²) in [5, 5.41) is 2.01. The maximum absolute atomic E-state index is 13.3. The van der Waals surface area contributed by atoms with Crippen LogP contribution in [0.5, 0.6) is 0 Å². The van der Waals surface area contributed by atoms with E-state index in [0.717, 1.165) is 42.0 Å². The number of carbonyl (C=O) groups is 1. The van der Waals surface area contributed by atoms with Crippen LogP contribution in [0.2, 0.25) is 0 Å². The fraction of sp³-hybridized carbons (Fsp3) is 0.588. The zero-order valence-corrected chi connectivity index (χ0v) is 14.6. The van der Waals surface area contributed by atoms with Gasteiger partial charge in [-0.25, -0.2) is 18.7 Å². The number of halogens is 2. The molecule has 0 saturated carbocycles. The van der Waals surface area contributed by atoms with Gasteiger partial charge in [-0.2, -0.15) is 0 Å². The molecule has 0 N–H and O–H groups in total. The highest BCUT2D eigenvalue weighted by molar-refractivity contribution is 7.17. The van der Waals surface area contributed by atoms with Crippen molar-refractivity contribution in [3.8, 4) is 0 Å². The van der Waals surface area contributed by atoms with Crippen molar-refractivity contribution in [1.29, 1.82) is 0 Å². The van der Waals surface area contributed by atoms with Gasteiger partial charge in [0.15, 0.2) is 0 Å². The highest BCUT2D eigenvalue weighted by Gasteiger charge is 2.38. The average molecular weight is 366 g/mol. The predicted molar refractivity (Wildman–Crippen MR) is 93.1 cm³/mol. The van der Waals surface area contributed by atoms with Crippen LogP contribution >= 0.6 is 11.3 Å². The van der Waals surface area contributed by atoms with Gasteiger partial charge in [-0.1, -0.05) is 0 Å². The van der Waals surface area contributed by atoms with Crippen LogP contribution in [0.25, 0.3) is 10.2 Å². The monoisotopic (exact) mass is 366 g/mol. The molecule has 0 bridgehead atoms. The Morgan fingerprint density at radius 1 is 1.16 bits per heavy atom. The van der Waals surface area contributed by atoms with E-state index < -0.39 is 5.92 Å². The van der Waals surface area contributed by atoms with E-state index in [4.69, 9.17) is 0 Å². The molecular formula is C17H20F2N4OS. The van der Waals surface area contributed by atoms with Crippen molar-refractivity contribution in [2.24, 2.45) is 5.92 Å². The Morgan fingerprint density at radius 2 is 1.88 bits per heavy atom. The SMILES string of the molecule is O=C(C1CCN(c2ncnc3ccsc23)CC1)N1CCC(F)(F)CC1. The van der Waals surface area contributed by atoms with E-state index in [2.05, 4.69) is 14.9 Å². The van der Waals surface area contributed by atoms with Gasteiger partial charge in [0.25, 0.3) is 5.92 Å². The minimum Gasteiger partial charge on any atom is -0.355 e. The zero-order valence-electron chi connectivity index (χ0n) is 13.8. The number of alkyl halides is 2. The van der Waals surface area contributed by atoms with Crippen molar-refractivity contribution < 1.29 is 13.6 Å². The Morgan fingerprint density at radius 3 is 2.60 bits per heavy atom. The zero-order chi connectivity index (χ0) is 17.4. The van der Waals surface area contributed by atoms with Crippen molar-refractivity contribution in [2.75, 3.05) is 31.1 Å². The number of piperidine rings is 2. The van der Waals surface area contributed by atoms with Crippen LogP contribution in [-0.2, 0) is 4.79 Å². The number of anilines is 1. The van der Waals surface area contributed by atoms with Crippen LogP contribution in [0.1, 0.15) is 25.7 Å². The van der Waals surface area contributed by atoms with Crippen LogP contribution in [0, 0.1) is 5.92 Å². The number of hydrogen-bond acceptors (Lipinski definition) is 5. The van der Waals surface area contributed by atoms with Gasteiger partial charge >= 0.3 is 0 Å². The minimum absolute atomic E-state index is 0.0408. The van der Waals surface area contributed by atoms with E-state index in [9.17, 15) is 13.6 Å². The topological polar surface area (TPSA) is 49.3 Å². The molecule has 0 aromatic carbocycles. The average Bonchev–Trinajstić information content (AvgIpc) is 3.10. The van der Waals surface area contributed by atoms with Gasteiger partial charge in [-0.05, 0) is 24.3 Å². The molecule has 2 aromatic rings. The molecule has 2 saturated heterocycles. The predicted octanol–water partition coefficient (Wildman–Crippen LogP) is 3.17. The van der Waals surface area contributed by atoms with Crippen LogP contribution < -0.4 is 4.90 Å². The first-order valence-corrected chi connectivity index (χ1v) is 9.51. The maximum atomic E-state index is 13.3. The third-order valence-corrected chi connectivity index (χ3v) is 6.07. The summed E-state index contributed by atoms with van der Waals surface area (Å²) in [4.78, 5) is 25.1. The summed E-state index contributed by atoms with van der Waals surface area (Å²) in [6.45, 7) is 1.86. The van der Waals surface area contributed by atoms with E-state index in [1.165, 1.54) is 0 Å². The molecule has 2 aliphatic heterocycles. The van der Waals surface area contributed by atoms with Gasteiger partial charge < -0.3 is 9.80 Å². The summed E-state index contributed by atoms with van der Waals surface area (Å²) in [7, 11) is 0. The quantitative estimate of drug-likeness (QED) is 0.819. The van der Waals surface area contributed by atoms with Crippen molar-refractivity contribution in [3.05, 3.63) is 17.8 Å². The van der Waals surface area contributed by atoms with Crippen molar-refractivity contribution in [2.45, 2.75) is 31.6 Å². The summed E-state index contributed by atoms with van der Waals surface area (Å²) in [5.74, 6) is -1.70. The second kappa shape index (κ2) is 6.48. The minimum atomic E-state index is -2.61. The summed E-state index contributed by atoms with van der Waals surface area (Å²) >= 11 is 1.62. The van der Waals surface area contributed by atoms with Gasteiger partial charge in [0.1, 0.15) is 12.1 Å². The molecule has 8 heteroatoms. The van der Waals surface area contributed by atoms with Gasteiger partial charge in [0.05, 0.1) is 10.2 Å². The number of hydrogen-bond donors (Lipinski definition) is 0. The fourth-order valence-electron chi connectivity index (χ4n) is 3.65. The molecule has 4 heterocycles. The molecule has 0 unspecified atom stereocenters. The van der Waals surface area contributed by atoms with Gasteiger partial charge in [-0.3, -0.25) is 4.79 Å². The molecule has 2 aromatic heterocycles. The number of likely N-dealkylation sites (tertiary alicyclic amines) is 1. The largest absolute Gasteiger partial charge is 0.355 e. The smallest absolute Gasteiger partial charge is 0.251 e. The third kappa shape index (κ3) is 3.31. The normalized spacial score (nSPS) is 21.7. The second-order valence-corrected chi connectivity index (χ2v) is 7.69. The van der Waals surface area contributed by atoms with E-state index in [1.54, 1.807) is 22.6 Å². The highest BCUT2D eigenvalue weighted by atomic mass is 32.1. The molecule has 2 fully saturated rings. The molecule has 25 heavy (non-hydrogen) atoms. The molecule has 2 aliphatic rings. The molecule has 0 atom stereocenters. The lowest BCUT2D eigenvalue weighted by molar-refractivity contribution is -0.142. The molecule has 4 rings (SSSR count). The molecular weight excluding hydrogens is 346 g/mol. The summed E-state index contributed by atoms with van der Waals surface area (Å²) in [5.41, 5.74) is 0.947. The molecule has 5 nitrogen and oxygen atoms in total. The van der Waals surface area contributed by atoms with Gasteiger partial charge in [-0.15, -0.1) is 11.3 Å². The molecule has 0 aliphatic carbocycles. The van der Waals surface area contributed by atoms with E-state index in [0.29, 0.717) is 0 Å². The van der Waals surface area contributed by atoms with Crippen LogP contribution in [0.15, 0.2) is 17.8 Å². The van der Waals surface area contributed by atoms with Crippen LogP contribution in [0.3, 0.4) is 0 Å². The summed E-state index contributed by atoms with van der Waals surface area (Å²) < 4.78 is 27.6. The Kier molecular flexibility index (Phi) is 4.31. The molecule has 0 spiro atoms. The Bertz CT molecular complexity index is 763. The number of aromatic nitrogens is 2. The molecule has 134 valence electrons. The Hall–Kier alpha value is -1.83. The highest BCUT2D eigenvalue weighted by Crippen LogP contribution is 2.32. The summed E-state index contributed by atoms with van der Waals surface area (Å²) in [6, 6.07) is 1.98. The number of rotatable bonds is 2. The number of carbonyl (C=O) groups excluding carboxylic acids is 1. The van der Waals surface area contributed by atoms with Crippen molar-refractivity contribution >= 4 is 33.3 Å². The Labute approximate surface area is 148 Å². The first-order valence-electron chi connectivity index (χ1n) is 8.63. The number of fused-ring (bicyclic) bond motifs is 1. The van der Waals surface area contributed by atoms with Crippen molar-refractivity contribution in [1.82, 2.24) is 14.9 Å². The first-order chi connectivity index (χ1) is 12.0. The first kappa shape index (κ1) is 16.6. The number of thiophene rings is 1. The van der Waals surface area contributed by atoms with Crippen molar-refractivity contribution in [3.63, 3.8) is 0 Å². The molecule has 1 amide bonds. The van der Waals surface area contributed by atoms with Crippen LogP contribution in [-0.4, -0.2) is 52.9 Å². The number of nitrogens with zero attached hydrogens (tertiary/aromatic N) is 4. The van der Waals surface area contributed by atoms with E-state index in [-0.39, 0.29) is 37.8 Å². The maximum Gasteiger partial charge on any atom is 0.251 e. The van der Waals surface area contributed by atoms with Crippen LogP contribution in [0.4, 0.5) is 14.6 Å². The lowest BCUT2D eigenvalue weighted by Gasteiger charge is -2.37. The van der Waals surface area contributed by atoms with E-state index >= 15 is 0 Å². The van der Waals surface area contributed by atoms with Gasteiger partial charge in [0, 0.05) is 44.9 Å². The lowest BCUT2D eigenvalue weighted by atomic mass is 9.94. The lowest BCUT2D eigenvalue weighted by Crippen LogP contribution is -2.47. The third-order valence-electron chi connectivity index (χ3n) is 5.17. The molecule has 0 radical (unpaired) electrons. The number of amides is 1. The summed E-state index contributed by atoms with van der Waals surface area (Å²) in [6.07, 6.45) is 2.63. The second-order valence-electron chi connectivity index (χ2n) is 6.77. The Balaban J connectivity index is 1.38.